The Hall–Kier alpha value is -2.74. The first-order chi connectivity index (χ1) is 9.19. The first kappa shape index (κ1) is 12.7. The molecule has 5 nitrogen and oxygen atoms in total. The maximum atomic E-state index is 12.4. The standard InChI is InChI=1S/C14H13N3O2/c1-2-19-14-11(10(8-15)13(16)17-14)12(18)9-6-4-3-5-7-9/h3-7,17H,2,16H2,1H3. The molecule has 0 fully saturated rings. The van der Waals surface area contributed by atoms with Crippen LogP contribution >= 0.6 is 0 Å². The summed E-state index contributed by atoms with van der Waals surface area (Å²) < 4.78 is 5.34. The molecular formula is C14H13N3O2. The molecule has 1 aromatic carbocycles. The van der Waals surface area contributed by atoms with Gasteiger partial charge in [0.1, 0.15) is 23.0 Å². The Morgan fingerprint density at radius 3 is 2.68 bits per heavy atom. The van der Waals surface area contributed by atoms with Crippen LogP contribution < -0.4 is 10.5 Å². The lowest BCUT2D eigenvalue weighted by atomic mass is 10.0. The molecular weight excluding hydrogens is 242 g/mol. The third-order valence-electron chi connectivity index (χ3n) is 2.66. The molecule has 2 rings (SSSR count). The largest absolute Gasteiger partial charge is 0.479 e. The number of ether oxygens (including phenoxy) is 1. The number of aromatic amines is 1. The molecule has 96 valence electrons. The molecule has 3 N–H and O–H groups in total. The monoisotopic (exact) mass is 255 g/mol. The molecule has 0 unspecified atom stereocenters. The molecule has 0 atom stereocenters. The Kier molecular flexibility index (Phi) is 3.53. The normalized spacial score (nSPS) is 9.89. The predicted octanol–water partition coefficient (Wildman–Crippen LogP) is 2.10. The molecule has 1 aromatic heterocycles. The highest BCUT2D eigenvalue weighted by Crippen LogP contribution is 2.29. The Bertz CT molecular complexity index is 639. The molecule has 0 spiro atoms. The average molecular weight is 255 g/mol. The number of carbonyl (C=O) groups excluding carboxylic acids is 1. The molecule has 0 aliphatic carbocycles. The minimum atomic E-state index is -0.284. The van der Waals surface area contributed by atoms with Gasteiger partial charge >= 0.3 is 0 Å². The van der Waals surface area contributed by atoms with Gasteiger partial charge in [0.2, 0.25) is 5.88 Å². The summed E-state index contributed by atoms with van der Waals surface area (Å²) in [5.41, 5.74) is 6.48. The van der Waals surface area contributed by atoms with Gasteiger partial charge in [-0.2, -0.15) is 5.26 Å². The van der Waals surface area contributed by atoms with Crippen LogP contribution in [0, 0.1) is 11.3 Å². The Morgan fingerprint density at radius 1 is 1.42 bits per heavy atom. The lowest BCUT2D eigenvalue weighted by Gasteiger charge is -2.04. The Labute approximate surface area is 110 Å². The van der Waals surface area contributed by atoms with Gasteiger partial charge < -0.3 is 15.5 Å². The van der Waals surface area contributed by atoms with Gasteiger partial charge in [-0.25, -0.2) is 0 Å². The van der Waals surface area contributed by atoms with Crippen molar-refractivity contribution in [2.75, 3.05) is 12.3 Å². The van der Waals surface area contributed by atoms with Crippen molar-refractivity contribution in [1.82, 2.24) is 4.98 Å². The van der Waals surface area contributed by atoms with Crippen molar-refractivity contribution in [3.63, 3.8) is 0 Å². The zero-order chi connectivity index (χ0) is 13.8. The molecule has 2 aromatic rings. The maximum absolute atomic E-state index is 12.4. The molecule has 0 bridgehead atoms. The summed E-state index contributed by atoms with van der Waals surface area (Å²) in [4.78, 5) is 15.2. The number of H-pyrrole nitrogens is 1. The van der Waals surface area contributed by atoms with Crippen LogP contribution in [0.3, 0.4) is 0 Å². The fourth-order valence-electron chi connectivity index (χ4n) is 1.81. The number of ketones is 1. The smallest absolute Gasteiger partial charge is 0.205 e. The number of aromatic nitrogens is 1. The number of nitriles is 1. The number of carbonyl (C=O) groups is 1. The van der Waals surface area contributed by atoms with Crippen LogP contribution in [0.4, 0.5) is 5.82 Å². The SMILES string of the molecule is CCOc1[nH]c(N)c(C#N)c1C(=O)c1ccccc1. The van der Waals surface area contributed by atoms with Crippen LogP contribution in [0.5, 0.6) is 5.88 Å². The van der Waals surface area contributed by atoms with Gasteiger partial charge in [-0.3, -0.25) is 4.79 Å². The number of nitrogens with one attached hydrogen (secondary N) is 1. The Balaban J connectivity index is 2.55. The number of benzene rings is 1. The molecule has 0 radical (unpaired) electrons. The van der Waals surface area contributed by atoms with E-state index >= 15 is 0 Å². The van der Waals surface area contributed by atoms with Crippen LogP contribution in [-0.4, -0.2) is 17.4 Å². The van der Waals surface area contributed by atoms with E-state index in [-0.39, 0.29) is 28.6 Å². The van der Waals surface area contributed by atoms with Gasteiger partial charge in [0.25, 0.3) is 0 Å². The second kappa shape index (κ2) is 5.27. The van der Waals surface area contributed by atoms with E-state index in [4.69, 9.17) is 15.7 Å². The lowest BCUT2D eigenvalue weighted by molar-refractivity contribution is 0.103. The number of hydrogen-bond acceptors (Lipinski definition) is 4. The summed E-state index contributed by atoms with van der Waals surface area (Å²) in [6.07, 6.45) is 0. The summed E-state index contributed by atoms with van der Waals surface area (Å²) in [5.74, 6) is 0.101. The third-order valence-corrected chi connectivity index (χ3v) is 2.66. The molecule has 1 heterocycles. The molecule has 0 saturated heterocycles. The number of nitrogens with zero attached hydrogens (tertiary/aromatic N) is 1. The van der Waals surface area contributed by atoms with Gasteiger partial charge in [0.05, 0.1) is 6.61 Å². The van der Waals surface area contributed by atoms with Gasteiger partial charge in [-0.15, -0.1) is 0 Å². The van der Waals surface area contributed by atoms with E-state index in [9.17, 15) is 4.79 Å². The molecule has 0 saturated carbocycles. The lowest BCUT2D eigenvalue weighted by Crippen LogP contribution is -2.05. The van der Waals surface area contributed by atoms with Gasteiger partial charge in [-0.1, -0.05) is 30.3 Å². The quantitative estimate of drug-likeness (QED) is 0.818. The van der Waals surface area contributed by atoms with Crippen LogP contribution in [-0.2, 0) is 0 Å². The summed E-state index contributed by atoms with van der Waals surface area (Å²) >= 11 is 0. The van der Waals surface area contributed by atoms with E-state index in [0.717, 1.165) is 0 Å². The minimum Gasteiger partial charge on any atom is -0.479 e. The topological polar surface area (TPSA) is 91.9 Å². The fraction of sp³-hybridized carbons (Fsp3) is 0.143. The maximum Gasteiger partial charge on any atom is 0.205 e. The molecule has 19 heavy (non-hydrogen) atoms. The van der Waals surface area contributed by atoms with Crippen molar-refractivity contribution in [3.05, 3.63) is 47.0 Å². The number of anilines is 1. The van der Waals surface area contributed by atoms with Gasteiger partial charge in [-0.05, 0) is 6.92 Å². The second-order valence-corrected chi connectivity index (χ2v) is 3.86. The van der Waals surface area contributed by atoms with E-state index in [1.807, 2.05) is 12.1 Å². The van der Waals surface area contributed by atoms with Crippen LogP contribution in [0.2, 0.25) is 0 Å². The van der Waals surface area contributed by atoms with Crippen molar-refractivity contribution in [2.24, 2.45) is 0 Å². The summed E-state index contributed by atoms with van der Waals surface area (Å²) in [6, 6.07) is 10.6. The van der Waals surface area contributed by atoms with Crippen molar-refractivity contribution >= 4 is 11.6 Å². The zero-order valence-electron chi connectivity index (χ0n) is 10.4. The molecule has 0 aliphatic heterocycles. The average Bonchev–Trinajstić information content (AvgIpc) is 2.75. The zero-order valence-corrected chi connectivity index (χ0v) is 10.4. The van der Waals surface area contributed by atoms with Crippen LogP contribution in [0.25, 0.3) is 0 Å². The highest BCUT2D eigenvalue weighted by molar-refractivity contribution is 6.13. The van der Waals surface area contributed by atoms with Crippen LogP contribution in [0.1, 0.15) is 28.4 Å². The van der Waals surface area contributed by atoms with Crippen molar-refractivity contribution < 1.29 is 9.53 Å². The highest BCUT2D eigenvalue weighted by Gasteiger charge is 2.24. The van der Waals surface area contributed by atoms with E-state index in [0.29, 0.717) is 12.2 Å². The summed E-state index contributed by atoms with van der Waals surface area (Å²) in [7, 11) is 0. The first-order valence-electron chi connectivity index (χ1n) is 5.83. The van der Waals surface area contributed by atoms with Crippen LogP contribution in [0.15, 0.2) is 30.3 Å². The fourth-order valence-corrected chi connectivity index (χ4v) is 1.81. The highest BCUT2D eigenvalue weighted by atomic mass is 16.5. The predicted molar refractivity (Wildman–Crippen MR) is 71.0 cm³/mol. The second-order valence-electron chi connectivity index (χ2n) is 3.86. The number of rotatable bonds is 4. The third kappa shape index (κ3) is 2.29. The first-order valence-corrected chi connectivity index (χ1v) is 5.83. The van der Waals surface area contributed by atoms with E-state index in [2.05, 4.69) is 4.98 Å². The van der Waals surface area contributed by atoms with Crippen molar-refractivity contribution in [2.45, 2.75) is 6.92 Å². The van der Waals surface area contributed by atoms with Crippen molar-refractivity contribution in [3.8, 4) is 11.9 Å². The number of nitrogens with two attached hydrogens (primary N) is 1. The van der Waals surface area contributed by atoms with Crippen molar-refractivity contribution in [1.29, 1.82) is 5.26 Å². The Morgan fingerprint density at radius 2 is 2.11 bits per heavy atom. The van der Waals surface area contributed by atoms with E-state index in [1.54, 1.807) is 31.2 Å². The van der Waals surface area contributed by atoms with Gasteiger partial charge in [0, 0.05) is 5.56 Å². The van der Waals surface area contributed by atoms with E-state index in [1.165, 1.54) is 0 Å². The molecule has 5 heteroatoms. The molecule has 0 amide bonds. The molecule has 0 aliphatic rings. The van der Waals surface area contributed by atoms with Gasteiger partial charge in [0.15, 0.2) is 5.78 Å². The summed E-state index contributed by atoms with van der Waals surface area (Å²) in [6.45, 7) is 2.17. The minimum absolute atomic E-state index is 0.123. The number of nitrogen functional groups attached to an aromatic ring is 1. The summed E-state index contributed by atoms with van der Waals surface area (Å²) in [5, 5.41) is 9.12. The van der Waals surface area contributed by atoms with E-state index < -0.39 is 0 Å². The number of hydrogen-bond donors (Lipinski definition) is 2.